The average molecular weight is 317 g/mol. The van der Waals surface area contributed by atoms with Crippen molar-refractivity contribution < 1.29 is 17.9 Å². The van der Waals surface area contributed by atoms with Crippen LogP contribution in [0.1, 0.15) is 42.3 Å². The van der Waals surface area contributed by atoms with Gasteiger partial charge in [0, 0.05) is 6.04 Å². The zero-order chi connectivity index (χ0) is 14.8. The molecule has 1 fully saturated rings. The molecule has 1 aliphatic carbocycles. The van der Waals surface area contributed by atoms with E-state index in [0.717, 1.165) is 37.0 Å². The maximum absolute atomic E-state index is 12.4. The van der Waals surface area contributed by atoms with Crippen molar-refractivity contribution in [2.45, 2.75) is 43.5 Å². The van der Waals surface area contributed by atoms with Gasteiger partial charge in [-0.05, 0) is 30.2 Å². The molecule has 1 saturated carbocycles. The number of methoxy groups -OCH3 is 1. The minimum Gasteiger partial charge on any atom is -0.465 e. The lowest BCUT2D eigenvalue weighted by Gasteiger charge is -2.27. The molecule has 2 rings (SSSR count). The third-order valence-corrected chi connectivity index (χ3v) is 6.13. The molecule has 2 atom stereocenters. The maximum Gasteiger partial charge on any atom is 0.349 e. The van der Waals surface area contributed by atoms with Gasteiger partial charge in [-0.1, -0.05) is 19.8 Å². The van der Waals surface area contributed by atoms with Gasteiger partial charge in [0.25, 0.3) is 0 Å². The minimum absolute atomic E-state index is 0.0209. The molecule has 1 aromatic heterocycles. The highest BCUT2D eigenvalue weighted by molar-refractivity contribution is 7.89. The predicted molar refractivity (Wildman–Crippen MR) is 77.4 cm³/mol. The Bertz CT molecular complexity index is 579. The Morgan fingerprint density at radius 2 is 2.20 bits per heavy atom. The number of hydrogen-bond acceptors (Lipinski definition) is 5. The van der Waals surface area contributed by atoms with Crippen LogP contribution in [-0.2, 0) is 14.8 Å². The van der Waals surface area contributed by atoms with Crippen LogP contribution in [0.4, 0.5) is 0 Å². The molecule has 2 unspecified atom stereocenters. The summed E-state index contributed by atoms with van der Waals surface area (Å²) >= 11 is 1.08. The standard InChI is InChI=1S/C13H19NO4S2/c1-9-4-3-5-10(8-9)14-20(16,17)11-6-7-19-12(11)13(15)18-2/h6-7,9-10,14H,3-5,8H2,1-2H3. The second-order valence-corrected chi connectivity index (χ2v) is 7.79. The van der Waals surface area contributed by atoms with Crippen LogP contribution >= 0.6 is 11.3 Å². The molecule has 1 aliphatic rings. The fourth-order valence-corrected chi connectivity index (χ4v) is 5.19. The summed E-state index contributed by atoms with van der Waals surface area (Å²) in [5.74, 6) is -0.0867. The van der Waals surface area contributed by atoms with E-state index in [0.29, 0.717) is 5.92 Å². The van der Waals surface area contributed by atoms with Crippen LogP contribution in [0.15, 0.2) is 16.3 Å². The van der Waals surface area contributed by atoms with Crippen LogP contribution < -0.4 is 4.72 Å². The Hall–Kier alpha value is -0.920. The highest BCUT2D eigenvalue weighted by Crippen LogP contribution is 2.27. The highest BCUT2D eigenvalue weighted by Gasteiger charge is 2.28. The summed E-state index contributed by atoms with van der Waals surface area (Å²) in [5, 5.41) is 1.59. The predicted octanol–water partition coefficient (Wildman–Crippen LogP) is 2.39. The zero-order valence-electron chi connectivity index (χ0n) is 11.6. The summed E-state index contributed by atoms with van der Waals surface area (Å²) in [6.07, 6.45) is 3.87. The molecular weight excluding hydrogens is 298 g/mol. The largest absolute Gasteiger partial charge is 0.465 e. The van der Waals surface area contributed by atoms with Crippen molar-refractivity contribution in [1.29, 1.82) is 0 Å². The number of rotatable bonds is 4. The molecule has 7 heteroatoms. The summed E-state index contributed by atoms with van der Waals surface area (Å²) < 4.78 is 32.1. The fourth-order valence-electron chi connectivity index (χ4n) is 2.57. The van der Waals surface area contributed by atoms with Gasteiger partial charge < -0.3 is 4.74 Å². The van der Waals surface area contributed by atoms with E-state index in [-0.39, 0.29) is 15.8 Å². The third kappa shape index (κ3) is 3.39. The quantitative estimate of drug-likeness (QED) is 0.866. The van der Waals surface area contributed by atoms with Gasteiger partial charge in [0.2, 0.25) is 10.0 Å². The molecule has 0 radical (unpaired) electrons. The van der Waals surface area contributed by atoms with E-state index in [4.69, 9.17) is 0 Å². The molecule has 0 aliphatic heterocycles. The Kier molecular flexibility index (Phi) is 4.82. The maximum atomic E-state index is 12.4. The molecule has 20 heavy (non-hydrogen) atoms. The molecular formula is C13H19NO4S2. The van der Waals surface area contributed by atoms with Gasteiger partial charge in [-0.25, -0.2) is 17.9 Å². The van der Waals surface area contributed by atoms with Crippen LogP contribution in [0.25, 0.3) is 0 Å². The molecule has 0 aromatic carbocycles. The first-order valence-electron chi connectivity index (χ1n) is 6.62. The molecule has 112 valence electrons. The zero-order valence-corrected chi connectivity index (χ0v) is 13.2. The molecule has 5 nitrogen and oxygen atoms in total. The summed E-state index contributed by atoms with van der Waals surface area (Å²) in [6.45, 7) is 2.13. The number of ether oxygens (including phenoxy) is 1. The normalized spacial score (nSPS) is 23.5. The van der Waals surface area contributed by atoms with Gasteiger partial charge in [-0.2, -0.15) is 0 Å². The van der Waals surface area contributed by atoms with E-state index in [1.54, 1.807) is 5.38 Å². The molecule has 0 spiro atoms. The molecule has 0 saturated heterocycles. The van der Waals surface area contributed by atoms with E-state index < -0.39 is 16.0 Å². The van der Waals surface area contributed by atoms with Gasteiger partial charge in [-0.3, -0.25) is 0 Å². The van der Waals surface area contributed by atoms with Crippen LogP contribution in [0.5, 0.6) is 0 Å². The SMILES string of the molecule is COC(=O)c1sccc1S(=O)(=O)NC1CCCC(C)C1. The van der Waals surface area contributed by atoms with Crippen molar-refractivity contribution in [2.24, 2.45) is 5.92 Å². The van der Waals surface area contributed by atoms with Crippen molar-refractivity contribution in [3.63, 3.8) is 0 Å². The highest BCUT2D eigenvalue weighted by atomic mass is 32.2. The number of esters is 1. The van der Waals surface area contributed by atoms with Gasteiger partial charge in [0.05, 0.1) is 7.11 Å². The lowest BCUT2D eigenvalue weighted by Crippen LogP contribution is -2.38. The number of sulfonamides is 1. The first-order chi connectivity index (χ1) is 9.44. The smallest absolute Gasteiger partial charge is 0.349 e. The Morgan fingerprint density at radius 1 is 1.45 bits per heavy atom. The number of thiophene rings is 1. The van der Waals surface area contributed by atoms with E-state index in [1.165, 1.54) is 13.2 Å². The minimum atomic E-state index is -3.67. The van der Waals surface area contributed by atoms with E-state index >= 15 is 0 Å². The van der Waals surface area contributed by atoms with Crippen LogP contribution in [0.2, 0.25) is 0 Å². The van der Waals surface area contributed by atoms with Crippen LogP contribution in [0.3, 0.4) is 0 Å². The van der Waals surface area contributed by atoms with Crippen molar-refractivity contribution in [2.75, 3.05) is 7.11 Å². The number of hydrogen-bond donors (Lipinski definition) is 1. The topological polar surface area (TPSA) is 72.5 Å². The molecule has 1 N–H and O–H groups in total. The van der Waals surface area contributed by atoms with Crippen molar-refractivity contribution >= 4 is 27.3 Å². The lowest BCUT2D eigenvalue weighted by molar-refractivity contribution is 0.0602. The number of nitrogens with one attached hydrogen (secondary N) is 1. The van der Waals surface area contributed by atoms with E-state index in [9.17, 15) is 13.2 Å². The summed E-state index contributed by atoms with van der Waals surface area (Å²) in [5.41, 5.74) is 0. The Morgan fingerprint density at radius 3 is 2.85 bits per heavy atom. The number of carbonyl (C=O) groups is 1. The van der Waals surface area contributed by atoms with E-state index in [2.05, 4.69) is 16.4 Å². The second-order valence-electron chi connectivity index (χ2n) is 5.20. The molecule has 0 bridgehead atoms. The van der Waals surface area contributed by atoms with Gasteiger partial charge in [0.1, 0.15) is 9.77 Å². The average Bonchev–Trinajstić information content (AvgIpc) is 2.87. The van der Waals surface area contributed by atoms with Crippen molar-refractivity contribution in [3.8, 4) is 0 Å². The number of carbonyl (C=O) groups excluding carboxylic acids is 1. The van der Waals surface area contributed by atoms with Gasteiger partial charge >= 0.3 is 5.97 Å². The molecule has 0 amide bonds. The molecule has 1 heterocycles. The fraction of sp³-hybridized carbons (Fsp3) is 0.615. The van der Waals surface area contributed by atoms with Crippen molar-refractivity contribution in [1.82, 2.24) is 4.72 Å². The van der Waals surface area contributed by atoms with Crippen LogP contribution in [0, 0.1) is 5.92 Å². The van der Waals surface area contributed by atoms with Gasteiger partial charge in [0.15, 0.2) is 0 Å². The third-order valence-electron chi connectivity index (χ3n) is 3.55. The van der Waals surface area contributed by atoms with Crippen LogP contribution in [-0.4, -0.2) is 27.5 Å². The van der Waals surface area contributed by atoms with E-state index in [1.807, 2.05) is 0 Å². The first-order valence-corrected chi connectivity index (χ1v) is 8.98. The van der Waals surface area contributed by atoms with Crippen molar-refractivity contribution in [3.05, 3.63) is 16.3 Å². The second kappa shape index (κ2) is 6.24. The summed E-state index contributed by atoms with van der Waals surface area (Å²) in [6, 6.07) is 1.40. The lowest BCUT2D eigenvalue weighted by atomic mass is 9.88. The van der Waals surface area contributed by atoms with Gasteiger partial charge in [-0.15, -0.1) is 11.3 Å². The monoisotopic (exact) mass is 317 g/mol. The summed E-state index contributed by atoms with van der Waals surface area (Å²) in [4.78, 5) is 11.7. The summed E-state index contributed by atoms with van der Waals surface area (Å²) in [7, 11) is -2.42. The Balaban J connectivity index is 2.18. The molecule has 1 aromatic rings. The first kappa shape index (κ1) is 15.5. The Labute approximate surface area is 123 Å².